The van der Waals surface area contributed by atoms with Crippen molar-refractivity contribution in [3.63, 3.8) is 0 Å². The van der Waals surface area contributed by atoms with E-state index in [1.807, 2.05) is 37.1 Å². The number of benzene rings is 1. The SMILES string of the molecule is C[C@@H]1CN(c2ccc(C#N)c3ncccc23)C[C@H](C(=O)N(C)C2CCCNC2)O1.Cl. The number of amides is 1. The van der Waals surface area contributed by atoms with E-state index in [9.17, 15) is 10.1 Å². The minimum absolute atomic E-state index is 0. The second-order valence-electron chi connectivity index (χ2n) is 7.93. The average Bonchev–Trinajstić information content (AvgIpc) is 2.77. The molecule has 1 unspecified atom stereocenters. The number of carbonyl (C=O) groups excluding carboxylic acids is 1. The summed E-state index contributed by atoms with van der Waals surface area (Å²) in [5.41, 5.74) is 2.24. The van der Waals surface area contributed by atoms with Gasteiger partial charge in [-0.05, 0) is 50.6 Å². The van der Waals surface area contributed by atoms with Gasteiger partial charge in [-0.2, -0.15) is 5.26 Å². The van der Waals surface area contributed by atoms with Crippen LogP contribution in [0.15, 0.2) is 30.5 Å². The van der Waals surface area contributed by atoms with Crippen LogP contribution in [0.3, 0.4) is 0 Å². The van der Waals surface area contributed by atoms with E-state index >= 15 is 0 Å². The molecule has 3 heterocycles. The summed E-state index contributed by atoms with van der Waals surface area (Å²) < 4.78 is 6.05. The number of nitrogens with zero attached hydrogens (tertiary/aromatic N) is 4. The summed E-state index contributed by atoms with van der Waals surface area (Å²) in [6.07, 6.45) is 3.23. The number of carbonyl (C=O) groups is 1. The molecule has 1 aromatic heterocycles. The number of morpholine rings is 1. The number of ether oxygens (including phenoxy) is 1. The molecule has 30 heavy (non-hydrogen) atoms. The lowest BCUT2D eigenvalue weighted by atomic mass is 10.0. The Labute approximate surface area is 183 Å². The summed E-state index contributed by atoms with van der Waals surface area (Å²) in [6.45, 7) is 5.03. The zero-order valence-electron chi connectivity index (χ0n) is 17.4. The van der Waals surface area contributed by atoms with Crippen LogP contribution in [-0.2, 0) is 9.53 Å². The van der Waals surface area contributed by atoms with E-state index in [-0.39, 0.29) is 30.5 Å². The van der Waals surface area contributed by atoms with Crippen molar-refractivity contribution >= 4 is 34.9 Å². The molecule has 2 aliphatic rings. The predicted octanol–water partition coefficient (Wildman–Crippen LogP) is 2.33. The van der Waals surface area contributed by atoms with Gasteiger partial charge in [-0.15, -0.1) is 12.4 Å². The predicted molar refractivity (Wildman–Crippen MR) is 119 cm³/mol. The summed E-state index contributed by atoms with van der Waals surface area (Å²) in [4.78, 5) is 21.6. The van der Waals surface area contributed by atoms with Crippen LogP contribution in [0.2, 0.25) is 0 Å². The smallest absolute Gasteiger partial charge is 0.253 e. The number of aromatic nitrogens is 1. The summed E-state index contributed by atoms with van der Waals surface area (Å²) in [5, 5.41) is 13.7. The van der Waals surface area contributed by atoms with Crippen LogP contribution in [0, 0.1) is 11.3 Å². The van der Waals surface area contributed by atoms with Gasteiger partial charge in [-0.25, -0.2) is 0 Å². The van der Waals surface area contributed by atoms with Gasteiger partial charge in [0.15, 0.2) is 6.10 Å². The average molecular weight is 430 g/mol. The third kappa shape index (κ3) is 4.36. The molecule has 0 spiro atoms. The van der Waals surface area contributed by atoms with Gasteiger partial charge < -0.3 is 19.9 Å². The molecule has 2 aromatic rings. The van der Waals surface area contributed by atoms with Crippen LogP contribution < -0.4 is 10.2 Å². The molecule has 0 aliphatic carbocycles. The molecule has 4 rings (SSSR count). The monoisotopic (exact) mass is 429 g/mol. The van der Waals surface area contributed by atoms with Crippen LogP contribution in [0.1, 0.15) is 25.3 Å². The summed E-state index contributed by atoms with van der Waals surface area (Å²) >= 11 is 0. The molecular weight excluding hydrogens is 402 g/mol. The van der Waals surface area contributed by atoms with Gasteiger partial charge in [0.25, 0.3) is 5.91 Å². The number of fused-ring (bicyclic) bond motifs is 1. The fourth-order valence-electron chi connectivity index (χ4n) is 4.38. The molecular formula is C22H28ClN5O2. The molecule has 2 fully saturated rings. The number of likely N-dealkylation sites (N-methyl/N-ethyl adjacent to an activating group) is 1. The standard InChI is InChI=1S/C22H27N5O2.ClH/c1-15-13-27(19-8-7-16(11-23)21-18(19)6-4-10-25-21)14-20(29-15)22(28)26(2)17-5-3-9-24-12-17;/h4,6-8,10,15,17,20,24H,3,5,9,12-14H2,1-2H3;1H/t15-,17?,20-;/m1./s1. The van der Waals surface area contributed by atoms with E-state index in [1.54, 1.807) is 12.3 Å². The molecule has 0 radical (unpaired) electrons. The van der Waals surface area contributed by atoms with Crippen molar-refractivity contribution in [1.82, 2.24) is 15.2 Å². The van der Waals surface area contributed by atoms with Crippen LogP contribution >= 0.6 is 12.4 Å². The Kier molecular flexibility index (Phi) is 7.14. The largest absolute Gasteiger partial charge is 0.365 e. The highest BCUT2D eigenvalue weighted by Crippen LogP contribution is 2.30. The molecule has 3 atom stereocenters. The molecule has 2 aliphatic heterocycles. The third-order valence-electron chi connectivity index (χ3n) is 5.91. The summed E-state index contributed by atoms with van der Waals surface area (Å²) in [6, 6.07) is 10.1. The second kappa shape index (κ2) is 9.61. The van der Waals surface area contributed by atoms with E-state index in [4.69, 9.17) is 4.74 Å². The number of halogens is 1. The highest BCUT2D eigenvalue weighted by atomic mass is 35.5. The number of hydrogen-bond donors (Lipinski definition) is 1. The Morgan fingerprint density at radius 1 is 1.37 bits per heavy atom. The quantitative estimate of drug-likeness (QED) is 0.806. The maximum absolute atomic E-state index is 13.2. The molecule has 1 N–H and O–H groups in total. The molecule has 8 heteroatoms. The zero-order valence-corrected chi connectivity index (χ0v) is 18.2. The van der Waals surface area contributed by atoms with Crippen LogP contribution in [0.5, 0.6) is 0 Å². The van der Waals surface area contributed by atoms with Gasteiger partial charge in [0.1, 0.15) is 6.07 Å². The first kappa shape index (κ1) is 22.3. The minimum Gasteiger partial charge on any atom is -0.365 e. The number of hydrogen-bond acceptors (Lipinski definition) is 6. The van der Waals surface area contributed by atoms with Crippen molar-refractivity contribution in [2.45, 2.75) is 38.0 Å². The Balaban J connectivity index is 0.00000256. The Morgan fingerprint density at radius 2 is 2.20 bits per heavy atom. The minimum atomic E-state index is -0.506. The van der Waals surface area contributed by atoms with Crippen molar-refractivity contribution in [3.8, 4) is 6.07 Å². The Morgan fingerprint density at radius 3 is 2.93 bits per heavy atom. The van der Waals surface area contributed by atoms with Gasteiger partial charge in [-0.3, -0.25) is 9.78 Å². The number of rotatable bonds is 3. The molecule has 1 aromatic carbocycles. The third-order valence-corrected chi connectivity index (χ3v) is 5.91. The number of pyridine rings is 1. The van der Waals surface area contributed by atoms with Gasteiger partial charge >= 0.3 is 0 Å². The highest BCUT2D eigenvalue weighted by molar-refractivity contribution is 5.95. The van der Waals surface area contributed by atoms with Crippen molar-refractivity contribution in [3.05, 3.63) is 36.0 Å². The molecule has 2 saturated heterocycles. The number of nitriles is 1. The van der Waals surface area contributed by atoms with Crippen molar-refractivity contribution in [2.75, 3.05) is 38.1 Å². The molecule has 1 amide bonds. The van der Waals surface area contributed by atoms with Crippen molar-refractivity contribution in [1.29, 1.82) is 5.26 Å². The van der Waals surface area contributed by atoms with Crippen LogP contribution in [-0.4, -0.2) is 67.3 Å². The van der Waals surface area contributed by atoms with E-state index in [0.29, 0.717) is 24.2 Å². The van der Waals surface area contributed by atoms with Crippen LogP contribution in [0.25, 0.3) is 10.9 Å². The number of anilines is 1. The zero-order chi connectivity index (χ0) is 20.4. The van der Waals surface area contributed by atoms with Crippen molar-refractivity contribution < 1.29 is 9.53 Å². The van der Waals surface area contributed by atoms with Crippen LogP contribution in [0.4, 0.5) is 5.69 Å². The second-order valence-corrected chi connectivity index (χ2v) is 7.93. The summed E-state index contributed by atoms with van der Waals surface area (Å²) in [7, 11) is 1.88. The van der Waals surface area contributed by atoms with Gasteiger partial charge in [-0.1, -0.05) is 0 Å². The van der Waals surface area contributed by atoms with Gasteiger partial charge in [0.2, 0.25) is 0 Å². The van der Waals surface area contributed by atoms with E-state index in [2.05, 4.69) is 21.3 Å². The first-order valence-electron chi connectivity index (χ1n) is 10.2. The van der Waals surface area contributed by atoms with Gasteiger partial charge in [0, 0.05) is 43.4 Å². The lowest BCUT2D eigenvalue weighted by molar-refractivity contribution is -0.149. The van der Waals surface area contributed by atoms with Crippen molar-refractivity contribution in [2.24, 2.45) is 0 Å². The topological polar surface area (TPSA) is 81.5 Å². The lowest BCUT2D eigenvalue weighted by Crippen LogP contribution is -2.56. The van der Waals surface area contributed by atoms with E-state index in [1.165, 1.54) is 0 Å². The molecule has 7 nitrogen and oxygen atoms in total. The number of nitrogens with one attached hydrogen (secondary N) is 1. The fourth-order valence-corrected chi connectivity index (χ4v) is 4.38. The molecule has 0 bridgehead atoms. The molecule has 0 saturated carbocycles. The van der Waals surface area contributed by atoms with Gasteiger partial charge in [0.05, 0.1) is 23.7 Å². The fraction of sp³-hybridized carbons (Fsp3) is 0.500. The first-order valence-corrected chi connectivity index (χ1v) is 10.2. The molecule has 160 valence electrons. The Hall–Kier alpha value is -2.40. The Bertz CT molecular complexity index is 941. The maximum Gasteiger partial charge on any atom is 0.253 e. The maximum atomic E-state index is 13.2. The van der Waals surface area contributed by atoms with E-state index in [0.717, 1.165) is 37.0 Å². The normalized spacial score (nSPS) is 24.0. The highest BCUT2D eigenvalue weighted by Gasteiger charge is 2.35. The number of piperidine rings is 1. The first-order chi connectivity index (χ1) is 14.1. The van der Waals surface area contributed by atoms with E-state index < -0.39 is 6.10 Å². The lowest BCUT2D eigenvalue weighted by Gasteiger charge is -2.41. The summed E-state index contributed by atoms with van der Waals surface area (Å²) in [5.74, 6) is 0.0336.